The summed E-state index contributed by atoms with van der Waals surface area (Å²) in [6.45, 7) is 0. The second-order valence-corrected chi connectivity index (χ2v) is 10.6. The first-order chi connectivity index (χ1) is 8.01. The molecule has 2 atom stereocenters. The minimum absolute atomic E-state index is 0.177. The average molecular weight is 340 g/mol. The molecule has 0 aliphatic rings. The molecule has 0 aromatic heterocycles. The van der Waals surface area contributed by atoms with E-state index in [4.69, 9.17) is 0 Å². The van der Waals surface area contributed by atoms with Gasteiger partial charge >= 0.3 is 0 Å². The fourth-order valence-electron chi connectivity index (χ4n) is 0.893. The second kappa shape index (κ2) is 7.65. The molecule has 0 spiro atoms. The second-order valence-electron chi connectivity index (χ2n) is 3.25. The third-order valence-corrected chi connectivity index (χ3v) is 7.10. The molecule has 0 N–H and O–H groups in total. The lowest BCUT2D eigenvalue weighted by Crippen LogP contribution is -2.14. The summed E-state index contributed by atoms with van der Waals surface area (Å²) in [4.78, 5) is 0. The Balaban J connectivity index is 3.95. The molecule has 0 saturated carbocycles. The van der Waals surface area contributed by atoms with Gasteiger partial charge in [0.1, 0.15) is 19.7 Å². The van der Waals surface area contributed by atoms with Gasteiger partial charge < -0.3 is 9.11 Å². The van der Waals surface area contributed by atoms with Crippen LogP contribution in [-0.4, -0.2) is 57.4 Å². The Morgan fingerprint density at radius 1 is 0.722 bits per heavy atom. The lowest BCUT2D eigenvalue weighted by molar-refractivity contribution is 0.460. The van der Waals surface area contributed by atoms with E-state index in [-0.39, 0.29) is 24.3 Å². The number of rotatable bonds is 9. The molecule has 0 aromatic carbocycles. The fraction of sp³-hybridized carbons (Fsp3) is 1.00. The van der Waals surface area contributed by atoms with Crippen molar-refractivity contribution >= 4 is 39.9 Å². The van der Waals surface area contributed by atoms with Gasteiger partial charge in [-0.25, -0.2) is 25.3 Å². The largest absolute Gasteiger partial charge is 0.748 e. The van der Waals surface area contributed by atoms with Crippen molar-refractivity contribution in [2.45, 2.75) is 12.8 Å². The zero-order valence-electron chi connectivity index (χ0n) is 9.14. The molecule has 0 heterocycles. The maximum absolute atomic E-state index is 11.3. The van der Waals surface area contributed by atoms with E-state index in [0.717, 1.165) is 0 Å². The first-order valence-electron chi connectivity index (χ1n) is 4.65. The molecular weight excluding hydrogens is 328 g/mol. The minimum Gasteiger partial charge on any atom is -0.748 e. The molecule has 110 valence electrons. The topological polar surface area (TPSA) is 149 Å². The Kier molecular flexibility index (Phi) is 7.70. The summed E-state index contributed by atoms with van der Waals surface area (Å²) in [5, 5.41) is 0. The third kappa shape index (κ3) is 11.2. The Hall–Kier alpha value is 0.120. The molecule has 0 bridgehead atoms. The number of hydrogen-bond acceptors (Lipinski definition) is 8. The average Bonchev–Trinajstić information content (AvgIpc) is 2.13. The molecule has 2 unspecified atom stereocenters. The van der Waals surface area contributed by atoms with Gasteiger partial charge in [-0.3, -0.25) is 0 Å². The van der Waals surface area contributed by atoms with Gasteiger partial charge in [0.15, 0.2) is 0 Å². The predicted octanol–water partition coefficient (Wildman–Crippen LogP) is -1.73. The van der Waals surface area contributed by atoms with E-state index in [0.29, 0.717) is 0 Å². The molecule has 0 amide bonds. The van der Waals surface area contributed by atoms with Crippen molar-refractivity contribution in [3.05, 3.63) is 0 Å². The maximum atomic E-state index is 11.3. The lowest BCUT2D eigenvalue weighted by Gasteiger charge is -2.07. The van der Waals surface area contributed by atoms with Crippen molar-refractivity contribution in [2.24, 2.45) is 0 Å². The fourth-order valence-corrected chi connectivity index (χ4v) is 5.21. The summed E-state index contributed by atoms with van der Waals surface area (Å²) in [6, 6.07) is 0. The van der Waals surface area contributed by atoms with Crippen LogP contribution in [0, 0.1) is 0 Å². The van der Waals surface area contributed by atoms with E-state index in [9.17, 15) is 34.4 Å². The molecular formula is C6H12O8S4-2. The van der Waals surface area contributed by atoms with Crippen LogP contribution < -0.4 is 0 Å². The van der Waals surface area contributed by atoms with E-state index < -0.39 is 51.4 Å². The molecule has 0 aliphatic carbocycles. The third-order valence-electron chi connectivity index (χ3n) is 1.62. The molecule has 0 rings (SSSR count). The predicted molar refractivity (Wildman–Crippen MR) is 64.4 cm³/mol. The van der Waals surface area contributed by atoms with Crippen molar-refractivity contribution in [2.75, 3.05) is 23.0 Å². The molecule has 18 heavy (non-hydrogen) atoms. The van der Waals surface area contributed by atoms with E-state index in [1.54, 1.807) is 0 Å². The van der Waals surface area contributed by atoms with Crippen molar-refractivity contribution < 1.29 is 34.4 Å². The van der Waals surface area contributed by atoms with Crippen LogP contribution in [0.15, 0.2) is 0 Å². The minimum atomic E-state index is -4.39. The summed E-state index contributed by atoms with van der Waals surface area (Å²) in [5.74, 6) is -1.83. The van der Waals surface area contributed by atoms with Crippen LogP contribution in [0.2, 0.25) is 0 Å². The SMILES string of the molecule is O=S(CCCS(=O)(=O)[O-])S(=O)CCCS(=O)(=O)[O-]. The smallest absolute Gasteiger partial charge is 0.111 e. The van der Waals surface area contributed by atoms with E-state index in [1.807, 2.05) is 0 Å². The Morgan fingerprint density at radius 2 is 1.00 bits per heavy atom. The van der Waals surface area contributed by atoms with Gasteiger partial charge in [0, 0.05) is 23.0 Å². The standard InChI is InChI=1S/C6H14O8S4/c7-15(3-1-5-17(9,10)11)16(8)4-2-6-18(12,13)14/h1-6H2,(H,9,10,11)(H,12,13,14)/p-2. The summed E-state index contributed by atoms with van der Waals surface area (Å²) >= 11 is 0. The summed E-state index contributed by atoms with van der Waals surface area (Å²) in [5.41, 5.74) is 0. The molecule has 12 heteroatoms. The summed E-state index contributed by atoms with van der Waals surface area (Å²) in [6.07, 6.45) is -0.353. The van der Waals surface area contributed by atoms with Crippen LogP contribution in [-0.2, 0) is 39.9 Å². The normalized spacial score (nSPS) is 16.3. The molecule has 0 saturated heterocycles. The van der Waals surface area contributed by atoms with E-state index >= 15 is 0 Å². The summed E-state index contributed by atoms with van der Waals surface area (Å²) in [7, 11) is -12.5. The van der Waals surface area contributed by atoms with Crippen LogP contribution in [0.1, 0.15) is 12.8 Å². The van der Waals surface area contributed by atoms with Crippen LogP contribution in [0.3, 0.4) is 0 Å². The van der Waals surface area contributed by atoms with E-state index in [2.05, 4.69) is 0 Å². The van der Waals surface area contributed by atoms with Gasteiger partial charge in [-0.1, -0.05) is 0 Å². The van der Waals surface area contributed by atoms with Gasteiger partial charge in [-0.2, -0.15) is 0 Å². The highest BCUT2D eigenvalue weighted by atomic mass is 33.1. The van der Waals surface area contributed by atoms with Crippen molar-refractivity contribution in [1.29, 1.82) is 0 Å². The first kappa shape index (κ1) is 18.1. The van der Waals surface area contributed by atoms with E-state index in [1.165, 1.54) is 0 Å². The van der Waals surface area contributed by atoms with Crippen LogP contribution >= 0.6 is 0 Å². The lowest BCUT2D eigenvalue weighted by atomic mass is 10.6. The van der Waals surface area contributed by atoms with Crippen molar-refractivity contribution in [3.63, 3.8) is 0 Å². The summed E-state index contributed by atoms with van der Waals surface area (Å²) < 4.78 is 83.9. The molecule has 0 radical (unpaired) electrons. The van der Waals surface area contributed by atoms with Gasteiger partial charge in [0.05, 0.1) is 20.2 Å². The van der Waals surface area contributed by atoms with Gasteiger partial charge in [-0.05, 0) is 12.8 Å². The highest BCUT2D eigenvalue weighted by Crippen LogP contribution is 2.00. The molecule has 0 aliphatic heterocycles. The maximum Gasteiger partial charge on any atom is 0.111 e. The Morgan fingerprint density at radius 3 is 1.22 bits per heavy atom. The van der Waals surface area contributed by atoms with Crippen LogP contribution in [0.5, 0.6) is 0 Å². The quantitative estimate of drug-likeness (QED) is 0.355. The highest BCUT2D eigenvalue weighted by Gasteiger charge is 2.10. The molecule has 8 nitrogen and oxygen atoms in total. The highest BCUT2D eigenvalue weighted by molar-refractivity contribution is 8.61. The zero-order valence-corrected chi connectivity index (χ0v) is 12.4. The van der Waals surface area contributed by atoms with Gasteiger partial charge in [0.2, 0.25) is 0 Å². The Bertz CT molecular complexity index is 456. The monoisotopic (exact) mass is 340 g/mol. The first-order valence-corrected chi connectivity index (χ1v) is 11.0. The zero-order chi connectivity index (χ0) is 14.4. The van der Waals surface area contributed by atoms with Gasteiger partial charge in [0.25, 0.3) is 0 Å². The Labute approximate surface area is 110 Å². The number of hydrogen-bond donors (Lipinski definition) is 0. The van der Waals surface area contributed by atoms with Crippen molar-refractivity contribution in [3.8, 4) is 0 Å². The van der Waals surface area contributed by atoms with Crippen LogP contribution in [0.4, 0.5) is 0 Å². The van der Waals surface area contributed by atoms with Crippen molar-refractivity contribution in [1.82, 2.24) is 0 Å². The molecule has 0 fully saturated rings. The van der Waals surface area contributed by atoms with Gasteiger partial charge in [-0.15, -0.1) is 0 Å². The van der Waals surface area contributed by atoms with Crippen LogP contribution in [0.25, 0.3) is 0 Å². The molecule has 0 aromatic rings.